The summed E-state index contributed by atoms with van der Waals surface area (Å²) in [5.74, 6) is 2.44. The zero-order valence-corrected chi connectivity index (χ0v) is 19.1. The number of piperidine rings is 1. The van der Waals surface area contributed by atoms with Crippen molar-refractivity contribution in [2.75, 3.05) is 60.2 Å². The molecule has 2 saturated heterocycles. The lowest BCUT2D eigenvalue weighted by atomic mass is 9.98. The predicted molar refractivity (Wildman–Crippen MR) is 123 cm³/mol. The van der Waals surface area contributed by atoms with Gasteiger partial charge in [-0.1, -0.05) is 31.2 Å². The summed E-state index contributed by atoms with van der Waals surface area (Å²) in [5, 5.41) is 3.56. The molecule has 1 aromatic rings. The van der Waals surface area contributed by atoms with Crippen LogP contribution < -0.4 is 5.32 Å². The highest BCUT2D eigenvalue weighted by Crippen LogP contribution is 2.19. The topological polar surface area (TPSA) is 49.3 Å². The van der Waals surface area contributed by atoms with Gasteiger partial charge in [-0.25, -0.2) is 0 Å². The van der Waals surface area contributed by atoms with Gasteiger partial charge in [-0.05, 0) is 49.4 Å². The Bertz CT molecular complexity index is 658. The van der Waals surface area contributed by atoms with Crippen molar-refractivity contribution in [3.05, 3.63) is 35.4 Å². The third kappa shape index (κ3) is 7.25. The molecule has 1 aromatic carbocycles. The van der Waals surface area contributed by atoms with Crippen molar-refractivity contribution in [3.63, 3.8) is 0 Å². The first-order chi connectivity index (χ1) is 14.7. The summed E-state index contributed by atoms with van der Waals surface area (Å²) in [6.45, 7) is 10.9. The summed E-state index contributed by atoms with van der Waals surface area (Å²) in [7, 11) is 3.58. The number of nitrogens with one attached hydrogen (secondary N) is 1. The van der Waals surface area contributed by atoms with Crippen LogP contribution >= 0.6 is 0 Å². The third-order valence-corrected chi connectivity index (χ3v) is 6.31. The molecule has 0 aromatic heterocycles. The van der Waals surface area contributed by atoms with E-state index in [0.29, 0.717) is 19.1 Å². The highest BCUT2D eigenvalue weighted by atomic mass is 16.5. The van der Waals surface area contributed by atoms with E-state index in [1.54, 1.807) is 7.11 Å². The molecular weight excluding hydrogens is 376 g/mol. The maximum Gasteiger partial charge on any atom is 0.193 e. The molecule has 0 amide bonds. The van der Waals surface area contributed by atoms with Crippen molar-refractivity contribution in [2.45, 2.75) is 39.3 Å². The van der Waals surface area contributed by atoms with Crippen LogP contribution in [0.15, 0.2) is 29.3 Å². The number of hydrogen-bond donors (Lipinski definition) is 1. The van der Waals surface area contributed by atoms with E-state index in [2.05, 4.69) is 51.3 Å². The molecule has 6 nitrogen and oxygen atoms in total. The molecule has 1 atom stereocenters. The second-order valence-electron chi connectivity index (χ2n) is 8.85. The molecule has 0 aliphatic carbocycles. The summed E-state index contributed by atoms with van der Waals surface area (Å²) < 4.78 is 10.8. The van der Waals surface area contributed by atoms with E-state index in [1.165, 1.54) is 37.1 Å². The summed E-state index contributed by atoms with van der Waals surface area (Å²) in [6, 6.07) is 8.99. The van der Waals surface area contributed by atoms with Gasteiger partial charge in [-0.15, -0.1) is 0 Å². The largest absolute Gasteiger partial charge is 0.382 e. The predicted octanol–water partition coefficient (Wildman–Crippen LogP) is 2.98. The van der Waals surface area contributed by atoms with Crippen molar-refractivity contribution in [1.29, 1.82) is 0 Å². The quantitative estimate of drug-likeness (QED) is 0.381. The standard InChI is InChI=1S/C24H40N4O2/c1-20-7-10-27(11-8-20)17-22-6-4-5-21(15-22)16-26-24(25-2)28-12-9-23(18-28)19-30-14-13-29-3/h4-6,15,20,23H,7-14,16-19H2,1-3H3,(H,25,26). The van der Waals surface area contributed by atoms with Crippen LogP contribution in [-0.4, -0.2) is 75.9 Å². The lowest BCUT2D eigenvalue weighted by molar-refractivity contribution is 0.0536. The van der Waals surface area contributed by atoms with Crippen LogP contribution in [0.25, 0.3) is 0 Å². The molecule has 1 unspecified atom stereocenters. The lowest BCUT2D eigenvalue weighted by Crippen LogP contribution is -2.39. The smallest absolute Gasteiger partial charge is 0.193 e. The number of hydrogen-bond acceptors (Lipinski definition) is 4. The maximum absolute atomic E-state index is 5.71. The van der Waals surface area contributed by atoms with E-state index in [-0.39, 0.29) is 0 Å². The van der Waals surface area contributed by atoms with Crippen LogP contribution in [0, 0.1) is 11.8 Å². The number of guanidine groups is 1. The minimum Gasteiger partial charge on any atom is -0.382 e. The first-order valence-electron chi connectivity index (χ1n) is 11.5. The van der Waals surface area contributed by atoms with Crippen molar-refractivity contribution in [1.82, 2.24) is 15.1 Å². The first-order valence-corrected chi connectivity index (χ1v) is 11.5. The Balaban J connectivity index is 1.44. The molecule has 0 saturated carbocycles. The molecule has 0 spiro atoms. The summed E-state index contributed by atoms with van der Waals surface area (Å²) in [6.07, 6.45) is 3.80. The molecule has 6 heteroatoms. The van der Waals surface area contributed by atoms with E-state index >= 15 is 0 Å². The Kier molecular flexibility index (Phi) is 9.43. The van der Waals surface area contributed by atoms with Gasteiger partial charge < -0.3 is 19.7 Å². The van der Waals surface area contributed by atoms with Crippen LogP contribution in [0.3, 0.4) is 0 Å². The van der Waals surface area contributed by atoms with E-state index in [0.717, 1.165) is 51.1 Å². The van der Waals surface area contributed by atoms with Gasteiger partial charge in [0.25, 0.3) is 0 Å². The Labute approximate surface area is 182 Å². The number of likely N-dealkylation sites (tertiary alicyclic amines) is 2. The first kappa shape index (κ1) is 23.0. The number of benzene rings is 1. The molecule has 2 heterocycles. The molecule has 2 aliphatic rings. The molecule has 3 rings (SSSR count). The maximum atomic E-state index is 5.71. The normalized spacial score (nSPS) is 21.4. The monoisotopic (exact) mass is 416 g/mol. The van der Waals surface area contributed by atoms with Crippen LogP contribution in [0.2, 0.25) is 0 Å². The zero-order valence-electron chi connectivity index (χ0n) is 19.1. The summed E-state index contributed by atoms with van der Waals surface area (Å²) >= 11 is 0. The number of methoxy groups -OCH3 is 1. The van der Waals surface area contributed by atoms with Crippen LogP contribution in [0.1, 0.15) is 37.3 Å². The van der Waals surface area contributed by atoms with Crippen molar-refractivity contribution < 1.29 is 9.47 Å². The highest BCUT2D eigenvalue weighted by Gasteiger charge is 2.25. The number of ether oxygens (including phenoxy) is 2. The van der Waals surface area contributed by atoms with Gasteiger partial charge in [-0.3, -0.25) is 9.89 Å². The van der Waals surface area contributed by atoms with Gasteiger partial charge in [0.05, 0.1) is 19.8 Å². The fourth-order valence-corrected chi connectivity index (χ4v) is 4.38. The Morgan fingerprint density at radius 3 is 2.70 bits per heavy atom. The lowest BCUT2D eigenvalue weighted by Gasteiger charge is -2.30. The second kappa shape index (κ2) is 12.3. The Morgan fingerprint density at radius 2 is 1.93 bits per heavy atom. The number of rotatable bonds is 9. The van der Waals surface area contributed by atoms with Gasteiger partial charge >= 0.3 is 0 Å². The fourth-order valence-electron chi connectivity index (χ4n) is 4.38. The molecular formula is C24H40N4O2. The highest BCUT2D eigenvalue weighted by molar-refractivity contribution is 5.80. The van der Waals surface area contributed by atoms with Gasteiger partial charge in [0.2, 0.25) is 0 Å². The molecule has 2 fully saturated rings. The van der Waals surface area contributed by atoms with E-state index < -0.39 is 0 Å². The molecule has 168 valence electrons. The van der Waals surface area contributed by atoms with Crippen LogP contribution in [0.5, 0.6) is 0 Å². The van der Waals surface area contributed by atoms with E-state index in [9.17, 15) is 0 Å². The molecule has 30 heavy (non-hydrogen) atoms. The van der Waals surface area contributed by atoms with E-state index in [1.807, 2.05) is 7.05 Å². The number of nitrogens with zero attached hydrogens (tertiary/aromatic N) is 3. The number of aliphatic imine (C=N–C) groups is 1. The summed E-state index contributed by atoms with van der Waals surface area (Å²) in [4.78, 5) is 9.45. The van der Waals surface area contributed by atoms with Crippen LogP contribution in [-0.2, 0) is 22.6 Å². The Hall–Kier alpha value is -1.63. The SMILES string of the molecule is CN=C(NCc1cccc(CN2CCC(C)CC2)c1)N1CCC(COCCOC)C1. The average Bonchev–Trinajstić information content (AvgIpc) is 3.22. The Morgan fingerprint density at radius 1 is 1.13 bits per heavy atom. The van der Waals surface area contributed by atoms with E-state index in [4.69, 9.17) is 9.47 Å². The molecule has 2 aliphatic heterocycles. The van der Waals surface area contributed by atoms with Crippen molar-refractivity contribution in [3.8, 4) is 0 Å². The summed E-state index contributed by atoms with van der Waals surface area (Å²) in [5.41, 5.74) is 2.73. The molecule has 0 bridgehead atoms. The average molecular weight is 417 g/mol. The molecule has 1 N–H and O–H groups in total. The van der Waals surface area contributed by atoms with Gasteiger partial charge in [-0.2, -0.15) is 0 Å². The minimum absolute atomic E-state index is 0.566. The second-order valence-corrected chi connectivity index (χ2v) is 8.85. The van der Waals surface area contributed by atoms with Gasteiger partial charge in [0, 0.05) is 46.3 Å². The van der Waals surface area contributed by atoms with Crippen LogP contribution in [0.4, 0.5) is 0 Å². The van der Waals surface area contributed by atoms with Gasteiger partial charge in [0.1, 0.15) is 0 Å². The zero-order chi connectivity index (χ0) is 21.2. The van der Waals surface area contributed by atoms with Crippen molar-refractivity contribution in [2.24, 2.45) is 16.8 Å². The van der Waals surface area contributed by atoms with Gasteiger partial charge in [0.15, 0.2) is 5.96 Å². The van der Waals surface area contributed by atoms with Crippen molar-refractivity contribution >= 4 is 5.96 Å². The molecule has 0 radical (unpaired) electrons. The fraction of sp³-hybridized carbons (Fsp3) is 0.708. The minimum atomic E-state index is 0.566. The third-order valence-electron chi connectivity index (χ3n) is 6.31.